The zero-order valence-corrected chi connectivity index (χ0v) is 19.0. The van der Waals surface area contributed by atoms with Crippen LogP contribution in [0.25, 0.3) is 11.5 Å². The summed E-state index contributed by atoms with van der Waals surface area (Å²) in [6.07, 6.45) is 7.81. The molecule has 8 heteroatoms. The largest absolute Gasteiger partial charge is 0.382 e. The maximum Gasteiger partial charge on any atom is 0.259 e. The number of carbonyl (C=O) groups excluding carboxylic acids is 2. The minimum absolute atomic E-state index is 0.00890. The standard InChI is InChI=1S/C25H31N5O3/c1-2-33-17-9-13-26-23(31)20-10-8-16-29(19-20)25(32)22-18-27-30(21-11-4-3-5-12-21)24(22)28-14-6-7-15-28/h3-7,11-12,14-15,18,20H,2,8-10,13,16-17,19H2,1H3,(H,26,31)/t20-/m1/s1. The van der Waals surface area contributed by atoms with Crippen LogP contribution in [-0.4, -0.2) is 63.9 Å². The summed E-state index contributed by atoms with van der Waals surface area (Å²) in [4.78, 5) is 28.0. The highest BCUT2D eigenvalue weighted by molar-refractivity contribution is 5.97. The van der Waals surface area contributed by atoms with Gasteiger partial charge in [0.05, 0.1) is 17.8 Å². The molecule has 3 aromatic rings. The fraction of sp³-hybridized carbons (Fsp3) is 0.400. The molecule has 0 aliphatic carbocycles. The Morgan fingerprint density at radius 3 is 2.70 bits per heavy atom. The van der Waals surface area contributed by atoms with E-state index in [9.17, 15) is 9.59 Å². The van der Waals surface area contributed by atoms with Crippen LogP contribution < -0.4 is 5.32 Å². The lowest BCUT2D eigenvalue weighted by Gasteiger charge is -2.32. The van der Waals surface area contributed by atoms with Crippen LogP contribution in [0.1, 0.15) is 36.5 Å². The van der Waals surface area contributed by atoms with Gasteiger partial charge in [0.15, 0.2) is 5.82 Å². The molecule has 8 nitrogen and oxygen atoms in total. The van der Waals surface area contributed by atoms with Crippen LogP contribution in [0.2, 0.25) is 0 Å². The summed E-state index contributed by atoms with van der Waals surface area (Å²) in [5.41, 5.74) is 1.40. The molecule has 1 aliphatic heterocycles. The second-order valence-electron chi connectivity index (χ2n) is 8.15. The number of benzene rings is 1. The van der Waals surface area contributed by atoms with Crippen LogP contribution in [0.4, 0.5) is 0 Å². The molecule has 1 saturated heterocycles. The summed E-state index contributed by atoms with van der Waals surface area (Å²) in [6, 6.07) is 13.6. The summed E-state index contributed by atoms with van der Waals surface area (Å²) in [7, 11) is 0. The predicted octanol–water partition coefficient (Wildman–Crippen LogP) is 3.06. The molecule has 1 N–H and O–H groups in total. The third-order valence-electron chi connectivity index (χ3n) is 5.87. The maximum absolute atomic E-state index is 13.6. The first-order valence-corrected chi connectivity index (χ1v) is 11.6. The molecule has 0 radical (unpaired) electrons. The van der Waals surface area contributed by atoms with E-state index in [-0.39, 0.29) is 17.7 Å². The van der Waals surface area contributed by atoms with Gasteiger partial charge in [0, 0.05) is 45.2 Å². The molecule has 3 heterocycles. The molecule has 4 rings (SSSR count). The fourth-order valence-corrected chi connectivity index (χ4v) is 4.20. The third kappa shape index (κ3) is 5.34. The van der Waals surface area contributed by atoms with Crippen molar-refractivity contribution in [3.05, 3.63) is 66.6 Å². The molecule has 1 atom stereocenters. The Kier molecular flexibility index (Phi) is 7.57. The Balaban J connectivity index is 1.50. The predicted molar refractivity (Wildman–Crippen MR) is 126 cm³/mol. The second-order valence-corrected chi connectivity index (χ2v) is 8.15. The van der Waals surface area contributed by atoms with Crippen molar-refractivity contribution in [3.63, 3.8) is 0 Å². The van der Waals surface area contributed by atoms with Crippen LogP contribution in [0, 0.1) is 5.92 Å². The topological polar surface area (TPSA) is 81.4 Å². The van der Waals surface area contributed by atoms with Gasteiger partial charge in [-0.25, -0.2) is 4.68 Å². The molecule has 1 fully saturated rings. The molecule has 2 aromatic heterocycles. The number of hydrogen-bond donors (Lipinski definition) is 1. The van der Waals surface area contributed by atoms with E-state index in [1.54, 1.807) is 15.8 Å². The number of para-hydroxylation sites is 1. The lowest BCUT2D eigenvalue weighted by Crippen LogP contribution is -2.45. The summed E-state index contributed by atoms with van der Waals surface area (Å²) in [5.74, 6) is 0.400. The van der Waals surface area contributed by atoms with Crippen molar-refractivity contribution < 1.29 is 14.3 Å². The van der Waals surface area contributed by atoms with Crippen molar-refractivity contribution in [2.24, 2.45) is 5.92 Å². The lowest BCUT2D eigenvalue weighted by atomic mass is 9.96. The molecular formula is C25H31N5O3. The fourth-order valence-electron chi connectivity index (χ4n) is 4.20. The molecule has 0 spiro atoms. The average molecular weight is 450 g/mol. The van der Waals surface area contributed by atoms with Crippen LogP contribution in [0.15, 0.2) is 61.1 Å². The van der Waals surface area contributed by atoms with Crippen molar-refractivity contribution in [1.29, 1.82) is 0 Å². The summed E-state index contributed by atoms with van der Waals surface area (Å²) in [6.45, 7) is 4.91. The molecule has 0 unspecified atom stereocenters. The van der Waals surface area contributed by atoms with Crippen LogP contribution in [-0.2, 0) is 9.53 Å². The van der Waals surface area contributed by atoms with E-state index >= 15 is 0 Å². The number of ether oxygens (including phenoxy) is 1. The monoisotopic (exact) mass is 449 g/mol. The zero-order chi connectivity index (χ0) is 23.0. The normalized spacial score (nSPS) is 16.0. The van der Waals surface area contributed by atoms with Gasteiger partial charge in [0.25, 0.3) is 5.91 Å². The van der Waals surface area contributed by atoms with E-state index in [0.717, 1.165) is 24.9 Å². The Bertz CT molecular complexity index is 1050. The average Bonchev–Trinajstić information content (AvgIpc) is 3.54. The van der Waals surface area contributed by atoms with E-state index in [1.165, 1.54) is 0 Å². The van der Waals surface area contributed by atoms with E-state index in [1.807, 2.05) is 66.3 Å². The minimum atomic E-state index is -0.200. The van der Waals surface area contributed by atoms with Gasteiger partial charge < -0.3 is 19.5 Å². The molecule has 33 heavy (non-hydrogen) atoms. The molecule has 0 bridgehead atoms. The van der Waals surface area contributed by atoms with E-state index < -0.39 is 0 Å². The number of aromatic nitrogens is 3. The number of piperidine rings is 1. The van der Waals surface area contributed by atoms with Crippen LogP contribution >= 0.6 is 0 Å². The van der Waals surface area contributed by atoms with Crippen LogP contribution in [0.5, 0.6) is 0 Å². The molecule has 1 aromatic carbocycles. The molecule has 2 amide bonds. The van der Waals surface area contributed by atoms with Gasteiger partial charge in [0.2, 0.25) is 5.91 Å². The van der Waals surface area contributed by atoms with Gasteiger partial charge in [-0.05, 0) is 50.5 Å². The Hall–Kier alpha value is -3.39. The number of carbonyl (C=O) groups is 2. The van der Waals surface area contributed by atoms with Crippen molar-refractivity contribution in [3.8, 4) is 11.5 Å². The summed E-state index contributed by atoms with van der Waals surface area (Å²) in [5, 5.41) is 7.53. The highest BCUT2D eigenvalue weighted by Crippen LogP contribution is 2.24. The minimum Gasteiger partial charge on any atom is -0.382 e. The SMILES string of the molecule is CCOCCCNC(=O)[C@@H]1CCCN(C(=O)c2cnn(-c3ccccc3)c2-n2cccc2)C1. The number of nitrogens with one attached hydrogen (secondary N) is 1. The first-order chi connectivity index (χ1) is 16.2. The number of amides is 2. The van der Waals surface area contributed by atoms with Gasteiger partial charge >= 0.3 is 0 Å². The highest BCUT2D eigenvalue weighted by Gasteiger charge is 2.31. The Labute approximate surface area is 194 Å². The van der Waals surface area contributed by atoms with Crippen molar-refractivity contribution in [2.45, 2.75) is 26.2 Å². The first kappa shape index (κ1) is 22.8. The second kappa shape index (κ2) is 11.0. The first-order valence-electron chi connectivity index (χ1n) is 11.6. The summed E-state index contributed by atoms with van der Waals surface area (Å²) < 4.78 is 9.00. The quantitative estimate of drug-likeness (QED) is 0.509. The lowest BCUT2D eigenvalue weighted by molar-refractivity contribution is -0.126. The molecule has 174 valence electrons. The van der Waals surface area contributed by atoms with E-state index in [4.69, 9.17) is 4.74 Å². The van der Waals surface area contributed by atoms with Gasteiger partial charge in [-0.2, -0.15) is 5.10 Å². The Morgan fingerprint density at radius 2 is 1.94 bits per heavy atom. The smallest absolute Gasteiger partial charge is 0.259 e. The highest BCUT2D eigenvalue weighted by atomic mass is 16.5. The molecule has 0 saturated carbocycles. The number of nitrogens with zero attached hydrogens (tertiary/aromatic N) is 4. The van der Waals surface area contributed by atoms with Gasteiger partial charge in [0.1, 0.15) is 5.56 Å². The molecule has 1 aliphatic rings. The van der Waals surface area contributed by atoms with Gasteiger partial charge in [-0.1, -0.05) is 18.2 Å². The van der Waals surface area contributed by atoms with Crippen molar-refractivity contribution >= 4 is 11.8 Å². The maximum atomic E-state index is 13.6. The summed E-state index contributed by atoms with van der Waals surface area (Å²) >= 11 is 0. The number of rotatable bonds is 9. The number of hydrogen-bond acceptors (Lipinski definition) is 4. The third-order valence-corrected chi connectivity index (χ3v) is 5.87. The Morgan fingerprint density at radius 1 is 1.15 bits per heavy atom. The number of likely N-dealkylation sites (tertiary alicyclic amines) is 1. The van der Waals surface area contributed by atoms with Gasteiger partial charge in [-0.15, -0.1) is 0 Å². The van der Waals surface area contributed by atoms with Crippen molar-refractivity contribution in [2.75, 3.05) is 32.8 Å². The van der Waals surface area contributed by atoms with E-state index in [0.29, 0.717) is 44.2 Å². The molecular weight excluding hydrogens is 418 g/mol. The van der Waals surface area contributed by atoms with Crippen molar-refractivity contribution in [1.82, 2.24) is 24.6 Å². The van der Waals surface area contributed by atoms with Gasteiger partial charge in [-0.3, -0.25) is 9.59 Å². The zero-order valence-electron chi connectivity index (χ0n) is 19.0. The van der Waals surface area contributed by atoms with E-state index in [2.05, 4.69) is 10.4 Å². The van der Waals surface area contributed by atoms with Crippen LogP contribution in [0.3, 0.4) is 0 Å².